The van der Waals surface area contributed by atoms with Crippen molar-refractivity contribution in [1.29, 1.82) is 0 Å². The first kappa shape index (κ1) is 20.7. The van der Waals surface area contributed by atoms with Crippen molar-refractivity contribution >= 4 is 16.5 Å². The van der Waals surface area contributed by atoms with E-state index < -0.39 is 5.60 Å². The van der Waals surface area contributed by atoms with Crippen molar-refractivity contribution in [3.63, 3.8) is 0 Å². The molecular formula is C26H38N2O. The summed E-state index contributed by atoms with van der Waals surface area (Å²) in [7, 11) is 0. The third-order valence-electron chi connectivity index (χ3n) is 6.97. The molecule has 2 aliphatic rings. The van der Waals surface area contributed by atoms with Gasteiger partial charge in [-0.05, 0) is 54.6 Å². The van der Waals surface area contributed by atoms with Crippen molar-refractivity contribution in [2.24, 2.45) is 0 Å². The van der Waals surface area contributed by atoms with Crippen molar-refractivity contribution < 1.29 is 5.11 Å². The summed E-state index contributed by atoms with van der Waals surface area (Å²) in [4.78, 5) is 6.06. The lowest BCUT2D eigenvalue weighted by molar-refractivity contribution is 0.0184. The summed E-state index contributed by atoms with van der Waals surface area (Å²) in [5.74, 6) is 0. The molecule has 1 aromatic heterocycles. The summed E-state index contributed by atoms with van der Waals surface area (Å²) in [5.41, 5.74) is 4.66. The van der Waals surface area contributed by atoms with Gasteiger partial charge in [0.15, 0.2) is 0 Å². The Labute approximate surface area is 176 Å². The molecule has 3 heteroatoms. The first-order chi connectivity index (χ1) is 14.1. The van der Waals surface area contributed by atoms with Crippen molar-refractivity contribution in [3.05, 3.63) is 41.6 Å². The van der Waals surface area contributed by atoms with E-state index in [1.165, 1.54) is 72.5 Å². The van der Waals surface area contributed by atoms with Gasteiger partial charge in [0.05, 0.1) is 5.60 Å². The Bertz CT molecular complexity index is 852. The Kier molecular flexibility index (Phi) is 6.46. The van der Waals surface area contributed by atoms with E-state index in [4.69, 9.17) is 0 Å². The zero-order valence-electron chi connectivity index (χ0n) is 18.3. The van der Waals surface area contributed by atoms with Gasteiger partial charge in [-0.15, -0.1) is 0 Å². The highest BCUT2D eigenvalue weighted by molar-refractivity contribution is 5.98. The molecule has 4 rings (SSSR count). The number of fused-ring (bicyclic) bond motifs is 2. The highest BCUT2D eigenvalue weighted by Crippen LogP contribution is 2.43. The van der Waals surface area contributed by atoms with Crippen molar-refractivity contribution in [3.8, 4) is 0 Å². The van der Waals surface area contributed by atoms with Crippen LogP contribution < -0.4 is 0 Å². The molecular weight excluding hydrogens is 356 g/mol. The van der Waals surface area contributed by atoms with Gasteiger partial charge in [-0.1, -0.05) is 70.9 Å². The van der Waals surface area contributed by atoms with Gasteiger partial charge < -0.3 is 10.1 Å². The van der Waals surface area contributed by atoms with E-state index in [-0.39, 0.29) is 0 Å². The minimum atomic E-state index is -0.694. The van der Waals surface area contributed by atoms with E-state index in [1.807, 2.05) is 0 Å². The predicted molar refractivity (Wildman–Crippen MR) is 123 cm³/mol. The number of nitrogens with zero attached hydrogens (tertiary/aromatic N) is 1. The topological polar surface area (TPSA) is 39.3 Å². The fraction of sp³-hybridized carbons (Fsp3) is 0.615. The second-order valence-electron chi connectivity index (χ2n) is 9.31. The molecule has 2 N–H and O–H groups in total. The first-order valence-corrected chi connectivity index (χ1v) is 11.9. The molecule has 3 nitrogen and oxygen atoms in total. The van der Waals surface area contributed by atoms with Crippen LogP contribution in [0.15, 0.2) is 30.5 Å². The SMILES string of the molecule is CCCCCCN1C[C@](O)(CCCCCC)C=C2c3cccc4[nH]cc(c34)C[C@H]21. The molecule has 2 atom stereocenters. The van der Waals surface area contributed by atoms with E-state index in [2.05, 4.69) is 54.2 Å². The number of β-amino-alcohol motifs (C(OH)–C–C–N with tert-alkyl or cyclic N) is 1. The Morgan fingerprint density at radius 2 is 1.86 bits per heavy atom. The van der Waals surface area contributed by atoms with E-state index in [9.17, 15) is 5.11 Å². The number of hydrogen-bond donors (Lipinski definition) is 2. The van der Waals surface area contributed by atoms with Crippen molar-refractivity contribution in [1.82, 2.24) is 9.88 Å². The summed E-state index contributed by atoms with van der Waals surface area (Å²) >= 11 is 0. The van der Waals surface area contributed by atoms with Gasteiger partial charge in [-0.2, -0.15) is 0 Å². The number of aromatic amines is 1. The fourth-order valence-electron chi connectivity index (χ4n) is 5.44. The summed E-state index contributed by atoms with van der Waals surface area (Å²) in [6.45, 7) is 6.40. The monoisotopic (exact) mass is 394 g/mol. The second kappa shape index (κ2) is 9.06. The van der Waals surface area contributed by atoms with E-state index in [1.54, 1.807) is 0 Å². The molecule has 158 valence electrons. The molecule has 0 spiro atoms. The van der Waals surface area contributed by atoms with Gasteiger partial charge in [0.25, 0.3) is 0 Å². The highest BCUT2D eigenvalue weighted by atomic mass is 16.3. The smallest absolute Gasteiger partial charge is 0.0960 e. The van der Waals surface area contributed by atoms with Gasteiger partial charge in [-0.25, -0.2) is 0 Å². The standard InChI is InChI=1S/C26H38N2O/c1-3-5-7-9-14-26(29)17-22-21-12-11-13-23-25(21)20(18-27-23)16-24(22)28(19-26)15-10-8-6-4-2/h11-13,17-18,24,27,29H,3-10,14-16,19H2,1-2H3/t24-,26+/m1/s1. The highest BCUT2D eigenvalue weighted by Gasteiger charge is 2.40. The summed E-state index contributed by atoms with van der Waals surface area (Å²) in [6.07, 6.45) is 16.3. The van der Waals surface area contributed by atoms with Crippen molar-refractivity contribution in [2.75, 3.05) is 13.1 Å². The Hall–Kier alpha value is -1.58. The van der Waals surface area contributed by atoms with Gasteiger partial charge in [0, 0.05) is 29.7 Å². The molecule has 1 aliphatic heterocycles. The minimum Gasteiger partial charge on any atom is -0.384 e. The summed E-state index contributed by atoms with van der Waals surface area (Å²) in [5, 5.41) is 13.0. The van der Waals surface area contributed by atoms with Crippen LogP contribution in [0, 0.1) is 0 Å². The molecule has 1 aliphatic carbocycles. The number of rotatable bonds is 10. The molecule has 0 bridgehead atoms. The Morgan fingerprint density at radius 3 is 2.66 bits per heavy atom. The van der Waals surface area contributed by atoms with Crippen LogP contribution >= 0.6 is 0 Å². The molecule has 2 heterocycles. The maximum Gasteiger partial charge on any atom is 0.0960 e. The third-order valence-corrected chi connectivity index (χ3v) is 6.97. The minimum absolute atomic E-state index is 0.404. The third kappa shape index (κ3) is 4.32. The zero-order chi connectivity index (χ0) is 20.3. The van der Waals surface area contributed by atoms with Gasteiger partial charge in [0.2, 0.25) is 0 Å². The molecule has 0 unspecified atom stereocenters. The molecule has 1 aromatic carbocycles. The maximum atomic E-state index is 11.6. The number of aliphatic hydroxyl groups is 1. The lowest BCUT2D eigenvalue weighted by Crippen LogP contribution is -2.52. The average Bonchev–Trinajstić information content (AvgIpc) is 3.14. The number of benzene rings is 1. The van der Waals surface area contributed by atoms with Crippen LogP contribution in [0.25, 0.3) is 16.5 Å². The van der Waals surface area contributed by atoms with Crippen LogP contribution in [0.5, 0.6) is 0 Å². The van der Waals surface area contributed by atoms with E-state index in [0.29, 0.717) is 6.04 Å². The molecule has 0 amide bonds. The normalized spacial score (nSPS) is 24.0. The van der Waals surface area contributed by atoms with Gasteiger partial charge in [-0.3, -0.25) is 4.90 Å². The number of H-pyrrole nitrogens is 1. The summed E-state index contributed by atoms with van der Waals surface area (Å²) in [6, 6.07) is 6.99. The molecule has 0 fully saturated rings. The molecule has 0 radical (unpaired) electrons. The van der Waals surface area contributed by atoms with Crippen LogP contribution in [0.2, 0.25) is 0 Å². The second-order valence-corrected chi connectivity index (χ2v) is 9.31. The van der Waals surface area contributed by atoms with Crippen LogP contribution in [0.1, 0.15) is 82.8 Å². The zero-order valence-corrected chi connectivity index (χ0v) is 18.3. The number of hydrogen-bond acceptors (Lipinski definition) is 2. The van der Waals surface area contributed by atoms with E-state index in [0.717, 1.165) is 32.4 Å². The predicted octanol–water partition coefficient (Wildman–Crippen LogP) is 6.07. The number of nitrogens with one attached hydrogen (secondary N) is 1. The first-order valence-electron chi connectivity index (χ1n) is 11.9. The fourth-order valence-corrected chi connectivity index (χ4v) is 5.44. The molecule has 0 saturated carbocycles. The van der Waals surface area contributed by atoms with E-state index >= 15 is 0 Å². The maximum absolute atomic E-state index is 11.6. The Balaban J connectivity index is 1.63. The van der Waals surface area contributed by atoms with Crippen LogP contribution in [0.4, 0.5) is 0 Å². The van der Waals surface area contributed by atoms with Crippen LogP contribution in [0.3, 0.4) is 0 Å². The number of unbranched alkanes of at least 4 members (excludes halogenated alkanes) is 6. The summed E-state index contributed by atoms with van der Waals surface area (Å²) < 4.78 is 0. The van der Waals surface area contributed by atoms with Crippen LogP contribution in [-0.2, 0) is 6.42 Å². The largest absolute Gasteiger partial charge is 0.384 e. The average molecular weight is 395 g/mol. The lowest BCUT2D eigenvalue weighted by atomic mass is 9.77. The van der Waals surface area contributed by atoms with Crippen LogP contribution in [-0.4, -0.2) is 39.7 Å². The van der Waals surface area contributed by atoms with Gasteiger partial charge in [0.1, 0.15) is 0 Å². The molecule has 29 heavy (non-hydrogen) atoms. The molecule has 2 aromatic rings. The Morgan fingerprint density at radius 1 is 1.07 bits per heavy atom. The molecule has 0 saturated heterocycles. The van der Waals surface area contributed by atoms with Crippen molar-refractivity contribution in [2.45, 2.75) is 89.7 Å². The quantitative estimate of drug-likeness (QED) is 0.480. The van der Waals surface area contributed by atoms with Gasteiger partial charge >= 0.3 is 0 Å². The lowest BCUT2D eigenvalue weighted by Gasteiger charge is -2.45. The number of aromatic nitrogens is 1.